The summed E-state index contributed by atoms with van der Waals surface area (Å²) >= 11 is 3.33. The van der Waals surface area contributed by atoms with E-state index in [1.807, 2.05) is 0 Å². The van der Waals surface area contributed by atoms with Gasteiger partial charge in [0, 0.05) is 28.5 Å². The van der Waals surface area contributed by atoms with E-state index < -0.39 is 27.9 Å². The number of furan rings is 1. The minimum Gasteiger partial charge on any atom is -0.455 e. The first-order chi connectivity index (χ1) is 14.1. The highest BCUT2D eigenvalue weighted by Gasteiger charge is 2.23. The number of halogens is 2. The smallest absolute Gasteiger partial charge is 0.255 e. The van der Waals surface area contributed by atoms with Crippen molar-refractivity contribution < 1.29 is 27.1 Å². The van der Waals surface area contributed by atoms with Crippen LogP contribution in [0.2, 0.25) is 0 Å². The average Bonchev–Trinajstić information content (AvgIpc) is 3.04. The number of anilines is 1. The third-order valence-corrected chi connectivity index (χ3v) is 6.37. The van der Waals surface area contributed by atoms with Crippen LogP contribution in [-0.4, -0.2) is 38.3 Å². The maximum atomic E-state index is 13.3. The van der Waals surface area contributed by atoms with E-state index in [9.17, 15) is 22.7 Å². The highest BCUT2D eigenvalue weighted by Crippen LogP contribution is 2.38. The molecule has 0 saturated heterocycles. The maximum Gasteiger partial charge on any atom is 0.255 e. The first-order valence-electron chi connectivity index (χ1n) is 9.04. The molecular formula is C20H20BrFN2O5S. The number of nitrogens with one attached hydrogen (secondary N) is 2. The summed E-state index contributed by atoms with van der Waals surface area (Å²) in [6.45, 7) is 1.51. The van der Waals surface area contributed by atoms with Crippen molar-refractivity contribution in [3.05, 3.63) is 52.3 Å². The van der Waals surface area contributed by atoms with Crippen LogP contribution >= 0.6 is 15.9 Å². The largest absolute Gasteiger partial charge is 0.455 e. The van der Waals surface area contributed by atoms with Crippen molar-refractivity contribution in [3.63, 3.8) is 0 Å². The van der Waals surface area contributed by atoms with Gasteiger partial charge in [-0.2, -0.15) is 0 Å². The molecule has 3 rings (SSSR count). The Morgan fingerprint density at radius 3 is 2.53 bits per heavy atom. The van der Waals surface area contributed by atoms with Gasteiger partial charge in [0.05, 0.1) is 23.1 Å². The Morgan fingerprint density at radius 2 is 1.93 bits per heavy atom. The highest BCUT2D eigenvalue weighted by atomic mass is 79.9. The molecule has 0 fully saturated rings. The summed E-state index contributed by atoms with van der Waals surface area (Å²) in [5.41, 5.74) is 1.27. The van der Waals surface area contributed by atoms with Crippen LogP contribution in [0.25, 0.3) is 22.3 Å². The SMILES string of the molecule is CNC(=O)c1c(-c2ccc(F)cc2)oc2cc(NS(=O)(=O)CCC(C)O)c(Br)cc12. The zero-order valence-corrected chi connectivity index (χ0v) is 18.6. The molecule has 0 saturated carbocycles. The molecule has 10 heteroatoms. The third kappa shape index (κ3) is 4.82. The molecular weight excluding hydrogens is 479 g/mol. The number of rotatable bonds is 7. The fraction of sp³-hybridized carbons (Fsp3) is 0.250. The molecule has 1 aromatic heterocycles. The van der Waals surface area contributed by atoms with Crippen molar-refractivity contribution in [2.24, 2.45) is 0 Å². The number of benzene rings is 2. The molecule has 160 valence electrons. The first kappa shape index (κ1) is 22.3. The number of carbonyl (C=O) groups is 1. The van der Waals surface area contributed by atoms with Gasteiger partial charge in [-0.25, -0.2) is 12.8 Å². The molecule has 30 heavy (non-hydrogen) atoms. The molecule has 0 aliphatic heterocycles. The second-order valence-corrected chi connectivity index (χ2v) is 9.48. The molecule has 1 heterocycles. The lowest BCUT2D eigenvalue weighted by molar-refractivity contribution is 0.0964. The van der Waals surface area contributed by atoms with Crippen molar-refractivity contribution >= 4 is 48.5 Å². The number of fused-ring (bicyclic) bond motifs is 1. The van der Waals surface area contributed by atoms with Gasteiger partial charge in [-0.3, -0.25) is 9.52 Å². The predicted molar refractivity (Wildman–Crippen MR) is 116 cm³/mol. The van der Waals surface area contributed by atoms with E-state index in [1.54, 1.807) is 6.07 Å². The predicted octanol–water partition coefficient (Wildman–Crippen LogP) is 3.87. The second kappa shape index (κ2) is 8.75. The van der Waals surface area contributed by atoms with Crippen LogP contribution in [0.5, 0.6) is 0 Å². The lowest BCUT2D eigenvalue weighted by Gasteiger charge is -2.11. The lowest BCUT2D eigenvalue weighted by atomic mass is 10.0. The molecule has 2 aromatic carbocycles. The number of aliphatic hydroxyl groups excluding tert-OH is 1. The zero-order valence-electron chi connectivity index (χ0n) is 16.2. The summed E-state index contributed by atoms with van der Waals surface area (Å²) in [6, 6.07) is 8.56. The van der Waals surface area contributed by atoms with Gasteiger partial charge in [0.25, 0.3) is 5.91 Å². The molecule has 0 bridgehead atoms. The Kier molecular flexibility index (Phi) is 6.49. The number of hydrogen-bond acceptors (Lipinski definition) is 5. The van der Waals surface area contributed by atoms with Gasteiger partial charge in [0.15, 0.2) is 0 Å². The summed E-state index contributed by atoms with van der Waals surface area (Å²) in [4.78, 5) is 12.5. The summed E-state index contributed by atoms with van der Waals surface area (Å²) in [6.07, 6.45) is -0.656. The highest BCUT2D eigenvalue weighted by molar-refractivity contribution is 9.10. The zero-order chi connectivity index (χ0) is 22.1. The van der Waals surface area contributed by atoms with Gasteiger partial charge < -0.3 is 14.8 Å². The molecule has 0 aliphatic rings. The fourth-order valence-electron chi connectivity index (χ4n) is 2.89. The fourth-order valence-corrected chi connectivity index (χ4v) is 4.73. The molecule has 3 aromatic rings. The Labute approximate surface area is 181 Å². The second-order valence-electron chi connectivity index (χ2n) is 6.78. The van der Waals surface area contributed by atoms with Crippen LogP contribution in [0, 0.1) is 5.82 Å². The van der Waals surface area contributed by atoms with Gasteiger partial charge in [-0.15, -0.1) is 0 Å². The molecule has 1 atom stereocenters. The van der Waals surface area contributed by atoms with Crippen molar-refractivity contribution in [3.8, 4) is 11.3 Å². The van der Waals surface area contributed by atoms with Crippen LogP contribution in [0.3, 0.4) is 0 Å². The molecule has 0 aliphatic carbocycles. The summed E-state index contributed by atoms with van der Waals surface area (Å²) in [5, 5.41) is 12.4. The van der Waals surface area contributed by atoms with E-state index in [1.165, 1.54) is 44.3 Å². The number of sulfonamides is 1. The van der Waals surface area contributed by atoms with Crippen LogP contribution in [0.4, 0.5) is 10.1 Å². The lowest BCUT2D eigenvalue weighted by Crippen LogP contribution is -2.20. The quantitative estimate of drug-likeness (QED) is 0.458. The molecule has 0 radical (unpaired) electrons. The Morgan fingerprint density at radius 1 is 1.27 bits per heavy atom. The average molecular weight is 499 g/mol. The van der Waals surface area contributed by atoms with Gasteiger partial charge in [0.2, 0.25) is 10.0 Å². The monoisotopic (exact) mass is 498 g/mol. The van der Waals surface area contributed by atoms with Gasteiger partial charge in [-0.1, -0.05) is 0 Å². The van der Waals surface area contributed by atoms with Gasteiger partial charge in [-0.05, 0) is 59.6 Å². The van der Waals surface area contributed by atoms with E-state index in [-0.39, 0.29) is 34.8 Å². The van der Waals surface area contributed by atoms with Crippen LogP contribution < -0.4 is 10.0 Å². The topological polar surface area (TPSA) is 109 Å². The Balaban J connectivity index is 2.10. The van der Waals surface area contributed by atoms with E-state index >= 15 is 0 Å². The van der Waals surface area contributed by atoms with Crippen molar-refractivity contribution in [1.29, 1.82) is 0 Å². The van der Waals surface area contributed by atoms with Crippen molar-refractivity contribution in [1.82, 2.24) is 5.32 Å². The number of hydrogen-bond donors (Lipinski definition) is 3. The molecule has 1 amide bonds. The van der Waals surface area contributed by atoms with Gasteiger partial charge >= 0.3 is 0 Å². The first-order valence-corrected chi connectivity index (χ1v) is 11.5. The van der Waals surface area contributed by atoms with Gasteiger partial charge in [0.1, 0.15) is 17.2 Å². The van der Waals surface area contributed by atoms with E-state index in [2.05, 4.69) is 26.0 Å². The number of amides is 1. The van der Waals surface area contributed by atoms with E-state index in [0.717, 1.165) is 0 Å². The number of aliphatic hydroxyl groups is 1. The van der Waals surface area contributed by atoms with E-state index in [4.69, 9.17) is 4.42 Å². The standard InChI is InChI=1S/C20H20BrFN2O5S/c1-11(25)7-8-30(27,28)24-16-10-17-14(9-15(16)21)18(20(26)23-2)19(29-17)12-3-5-13(22)6-4-12/h3-6,9-11,24-25H,7-8H2,1-2H3,(H,23,26). The third-order valence-electron chi connectivity index (χ3n) is 4.41. The minimum absolute atomic E-state index is 0.0888. The molecule has 1 unspecified atom stereocenters. The van der Waals surface area contributed by atoms with Crippen molar-refractivity contribution in [2.75, 3.05) is 17.5 Å². The van der Waals surface area contributed by atoms with E-state index in [0.29, 0.717) is 15.4 Å². The summed E-state index contributed by atoms with van der Waals surface area (Å²) in [7, 11) is -2.22. The van der Waals surface area contributed by atoms with Crippen molar-refractivity contribution in [2.45, 2.75) is 19.4 Å². The summed E-state index contributed by atoms with van der Waals surface area (Å²) < 4.78 is 46.7. The van der Waals surface area contributed by atoms with Crippen LogP contribution in [0.15, 0.2) is 45.3 Å². The van der Waals surface area contributed by atoms with Crippen LogP contribution in [0.1, 0.15) is 23.7 Å². The van der Waals surface area contributed by atoms with Crippen LogP contribution in [-0.2, 0) is 10.0 Å². The Hall–Kier alpha value is -2.43. The molecule has 3 N–H and O–H groups in total. The maximum absolute atomic E-state index is 13.3. The Bertz CT molecular complexity index is 1190. The molecule has 7 nitrogen and oxygen atoms in total. The number of carbonyl (C=O) groups excluding carboxylic acids is 1. The summed E-state index contributed by atoms with van der Waals surface area (Å²) in [5.74, 6) is -0.832. The normalized spacial score (nSPS) is 12.7. The minimum atomic E-state index is -3.70. The molecule has 0 spiro atoms.